The van der Waals surface area contributed by atoms with Gasteiger partial charge < -0.3 is 10.3 Å². The molecule has 6 heteroatoms. The van der Waals surface area contributed by atoms with Crippen molar-refractivity contribution in [1.29, 1.82) is 5.26 Å². The predicted octanol–water partition coefficient (Wildman–Crippen LogP) is 0.726. The highest BCUT2D eigenvalue weighted by molar-refractivity contribution is 5.46. The van der Waals surface area contributed by atoms with Crippen LogP contribution in [0, 0.1) is 11.3 Å². The molecule has 80 valence electrons. The minimum Gasteiger partial charge on any atom is -0.367 e. The van der Waals surface area contributed by atoms with Gasteiger partial charge in [0.2, 0.25) is 0 Å². The summed E-state index contributed by atoms with van der Waals surface area (Å²) in [5.41, 5.74) is 0.307. The van der Waals surface area contributed by atoms with Gasteiger partial charge in [-0.2, -0.15) is 5.26 Å². The summed E-state index contributed by atoms with van der Waals surface area (Å²) in [5, 5.41) is 11.8. The Morgan fingerprint density at radius 1 is 1.25 bits per heavy atom. The van der Waals surface area contributed by atoms with E-state index in [1.807, 2.05) is 6.07 Å². The van der Waals surface area contributed by atoms with Gasteiger partial charge in [0.25, 0.3) is 0 Å². The van der Waals surface area contributed by atoms with Crippen LogP contribution in [0.4, 0.5) is 5.82 Å². The summed E-state index contributed by atoms with van der Waals surface area (Å²) in [7, 11) is 0. The molecule has 6 nitrogen and oxygen atoms in total. The molecule has 0 aliphatic carbocycles. The van der Waals surface area contributed by atoms with E-state index in [0.29, 0.717) is 18.1 Å². The molecule has 2 aromatic rings. The molecule has 16 heavy (non-hydrogen) atoms. The maximum atomic E-state index is 8.79. The highest BCUT2D eigenvalue weighted by Crippen LogP contribution is 2.05. The molecule has 2 N–H and O–H groups in total. The molecule has 0 saturated heterocycles. The van der Waals surface area contributed by atoms with Gasteiger partial charge in [0.1, 0.15) is 11.9 Å². The first-order valence-electron chi connectivity index (χ1n) is 4.83. The zero-order valence-electron chi connectivity index (χ0n) is 8.51. The van der Waals surface area contributed by atoms with Crippen LogP contribution in [0.15, 0.2) is 24.8 Å². The molecule has 0 unspecified atom stereocenters. The first kappa shape index (κ1) is 10.1. The number of nitrogens with one attached hydrogen (secondary N) is 2. The third-order valence-electron chi connectivity index (χ3n) is 2.01. The summed E-state index contributed by atoms with van der Waals surface area (Å²) >= 11 is 0. The topological polar surface area (TPSA) is 90.3 Å². The van der Waals surface area contributed by atoms with Crippen LogP contribution < -0.4 is 5.32 Å². The van der Waals surface area contributed by atoms with Crippen molar-refractivity contribution < 1.29 is 0 Å². The summed E-state index contributed by atoms with van der Waals surface area (Å²) in [5.74, 6) is 1.41. The smallest absolute Gasteiger partial charge is 0.182 e. The van der Waals surface area contributed by atoms with E-state index < -0.39 is 0 Å². The first-order chi connectivity index (χ1) is 7.90. The summed E-state index contributed by atoms with van der Waals surface area (Å²) in [6, 6.07) is 1.98. The number of aromatic amines is 1. The second kappa shape index (κ2) is 4.89. The van der Waals surface area contributed by atoms with E-state index in [0.717, 1.165) is 12.2 Å². The highest BCUT2D eigenvalue weighted by Gasteiger charge is 2.02. The van der Waals surface area contributed by atoms with Crippen molar-refractivity contribution in [2.75, 3.05) is 11.9 Å². The average molecular weight is 214 g/mol. The van der Waals surface area contributed by atoms with E-state index in [-0.39, 0.29) is 0 Å². The zero-order valence-corrected chi connectivity index (χ0v) is 8.51. The molecule has 0 saturated carbocycles. The van der Waals surface area contributed by atoms with Crippen molar-refractivity contribution in [1.82, 2.24) is 19.9 Å². The van der Waals surface area contributed by atoms with E-state index in [2.05, 4.69) is 25.3 Å². The van der Waals surface area contributed by atoms with E-state index in [4.69, 9.17) is 5.26 Å². The van der Waals surface area contributed by atoms with Crippen molar-refractivity contribution in [2.24, 2.45) is 0 Å². The van der Waals surface area contributed by atoms with Gasteiger partial charge in [0.05, 0.1) is 0 Å². The second-order valence-corrected chi connectivity index (χ2v) is 3.08. The quantitative estimate of drug-likeness (QED) is 0.782. The minimum atomic E-state index is 0.307. The lowest BCUT2D eigenvalue weighted by atomic mass is 10.4. The van der Waals surface area contributed by atoms with Crippen LogP contribution in [0.25, 0.3) is 0 Å². The molecule has 2 rings (SSSR count). The normalized spacial score (nSPS) is 9.69. The van der Waals surface area contributed by atoms with Crippen LogP contribution in [-0.2, 0) is 6.42 Å². The van der Waals surface area contributed by atoms with Crippen LogP contribution in [0.2, 0.25) is 0 Å². The molecule has 0 amide bonds. The van der Waals surface area contributed by atoms with Crippen LogP contribution in [0.5, 0.6) is 0 Å². The van der Waals surface area contributed by atoms with Gasteiger partial charge in [-0.3, -0.25) is 0 Å². The lowest BCUT2D eigenvalue weighted by molar-refractivity contribution is 0.918. The SMILES string of the molecule is N#Cc1nccnc1NCCc1ncc[nH]1. The fraction of sp³-hybridized carbons (Fsp3) is 0.200. The van der Waals surface area contributed by atoms with Gasteiger partial charge in [-0.1, -0.05) is 0 Å². The number of hydrogen-bond donors (Lipinski definition) is 2. The molecular formula is C10H10N6. The van der Waals surface area contributed by atoms with E-state index >= 15 is 0 Å². The molecule has 0 aliphatic heterocycles. The van der Waals surface area contributed by atoms with Crippen LogP contribution in [0.1, 0.15) is 11.5 Å². The second-order valence-electron chi connectivity index (χ2n) is 3.08. The summed E-state index contributed by atoms with van der Waals surface area (Å²) < 4.78 is 0. The molecule has 0 fully saturated rings. The molecule has 0 atom stereocenters. The molecule has 2 aromatic heterocycles. The van der Waals surface area contributed by atoms with Crippen LogP contribution >= 0.6 is 0 Å². The number of anilines is 1. The third kappa shape index (κ3) is 2.33. The van der Waals surface area contributed by atoms with Crippen LogP contribution in [0.3, 0.4) is 0 Å². The maximum absolute atomic E-state index is 8.79. The Kier molecular flexibility index (Phi) is 3.09. The fourth-order valence-electron chi connectivity index (χ4n) is 1.28. The largest absolute Gasteiger partial charge is 0.367 e. The molecule has 2 heterocycles. The third-order valence-corrected chi connectivity index (χ3v) is 2.01. The van der Waals surface area contributed by atoms with Crippen molar-refractivity contribution >= 4 is 5.82 Å². The van der Waals surface area contributed by atoms with Crippen molar-refractivity contribution in [2.45, 2.75) is 6.42 Å². The Bertz CT molecular complexity index is 484. The standard InChI is InChI=1S/C10H10N6/c11-7-8-10(16-6-3-12-8)15-2-1-9-13-4-5-14-9/h3-6H,1-2H2,(H,13,14)(H,15,16). The van der Waals surface area contributed by atoms with Crippen LogP contribution in [-0.4, -0.2) is 26.5 Å². The van der Waals surface area contributed by atoms with E-state index in [9.17, 15) is 0 Å². The van der Waals surface area contributed by atoms with E-state index in [1.165, 1.54) is 6.20 Å². The fourth-order valence-corrected chi connectivity index (χ4v) is 1.28. The van der Waals surface area contributed by atoms with Gasteiger partial charge >= 0.3 is 0 Å². The Morgan fingerprint density at radius 2 is 2.12 bits per heavy atom. The number of H-pyrrole nitrogens is 1. The Balaban J connectivity index is 1.93. The molecule has 0 bridgehead atoms. The summed E-state index contributed by atoms with van der Waals surface area (Å²) in [6.07, 6.45) is 7.28. The van der Waals surface area contributed by atoms with Crippen molar-refractivity contribution in [3.05, 3.63) is 36.3 Å². The zero-order chi connectivity index (χ0) is 11.2. The lowest BCUT2D eigenvalue weighted by Crippen LogP contribution is -2.09. The number of imidazole rings is 1. The molecule has 0 radical (unpaired) electrons. The average Bonchev–Trinajstić information content (AvgIpc) is 2.83. The van der Waals surface area contributed by atoms with Gasteiger partial charge in [0, 0.05) is 37.8 Å². The number of hydrogen-bond acceptors (Lipinski definition) is 5. The first-order valence-corrected chi connectivity index (χ1v) is 4.83. The summed E-state index contributed by atoms with van der Waals surface area (Å²) in [6.45, 7) is 0.654. The minimum absolute atomic E-state index is 0.307. The maximum Gasteiger partial charge on any atom is 0.182 e. The number of aromatic nitrogens is 4. The molecule has 0 aliphatic rings. The highest BCUT2D eigenvalue weighted by atomic mass is 15.0. The monoisotopic (exact) mass is 214 g/mol. The number of rotatable bonds is 4. The Hall–Kier alpha value is -2.42. The molecule has 0 spiro atoms. The Morgan fingerprint density at radius 3 is 2.88 bits per heavy atom. The number of nitrogens with zero attached hydrogens (tertiary/aromatic N) is 4. The van der Waals surface area contributed by atoms with Gasteiger partial charge in [0.15, 0.2) is 11.5 Å². The van der Waals surface area contributed by atoms with Crippen molar-refractivity contribution in [3.8, 4) is 6.07 Å². The number of nitriles is 1. The van der Waals surface area contributed by atoms with Gasteiger partial charge in [-0.15, -0.1) is 0 Å². The lowest BCUT2D eigenvalue weighted by Gasteiger charge is -2.04. The van der Waals surface area contributed by atoms with E-state index in [1.54, 1.807) is 18.6 Å². The molecule has 0 aromatic carbocycles. The summed E-state index contributed by atoms with van der Waals surface area (Å²) in [4.78, 5) is 15.0. The van der Waals surface area contributed by atoms with Crippen molar-refractivity contribution in [3.63, 3.8) is 0 Å². The Labute approximate surface area is 92.4 Å². The van der Waals surface area contributed by atoms with Gasteiger partial charge in [-0.25, -0.2) is 15.0 Å². The van der Waals surface area contributed by atoms with Gasteiger partial charge in [-0.05, 0) is 0 Å². The predicted molar refractivity (Wildman–Crippen MR) is 57.5 cm³/mol. The molecular weight excluding hydrogens is 204 g/mol.